The smallest absolute Gasteiger partial charge is 0.170 e. The van der Waals surface area contributed by atoms with Crippen molar-refractivity contribution in [3.8, 4) is 0 Å². The molecule has 0 atom stereocenters. The van der Waals surface area contributed by atoms with Gasteiger partial charge in [0, 0.05) is 0 Å². The highest BCUT2D eigenvalue weighted by Crippen LogP contribution is 1.44. The van der Waals surface area contributed by atoms with Gasteiger partial charge in [0.2, 0.25) is 0 Å². The summed E-state index contributed by atoms with van der Waals surface area (Å²) in [5.74, 6) is 0. The maximum absolute atomic E-state index is 8.61. The Morgan fingerprint density at radius 2 is 2.25 bits per heavy atom. The van der Waals surface area contributed by atoms with E-state index in [4.69, 9.17) is 4.96 Å². The van der Waals surface area contributed by atoms with E-state index in [1.165, 1.54) is 0 Å². The van der Waals surface area contributed by atoms with Crippen LogP contribution in [0.5, 0.6) is 0 Å². The van der Waals surface area contributed by atoms with Crippen LogP contribution in [0.4, 0.5) is 0 Å². The molecule has 0 aliphatic rings. The van der Waals surface area contributed by atoms with Crippen LogP contribution < -0.4 is 0 Å². The van der Waals surface area contributed by atoms with Gasteiger partial charge in [-0.3, -0.25) is 0 Å². The molecule has 0 spiro atoms. The Kier molecular flexibility index (Phi) is 2.37. The van der Waals surface area contributed by atoms with Gasteiger partial charge in [0.1, 0.15) is 0 Å². The lowest BCUT2D eigenvalue weighted by atomic mass is 14.7. The van der Waals surface area contributed by atoms with Crippen LogP contribution in [0.3, 0.4) is 0 Å². The van der Waals surface area contributed by atoms with Gasteiger partial charge in [0.05, 0.1) is 0 Å². The molecule has 0 aliphatic heterocycles. The zero-order valence-electron chi connectivity index (χ0n) is 2.22. The van der Waals surface area contributed by atoms with Crippen molar-refractivity contribution < 1.29 is 4.58 Å². The van der Waals surface area contributed by atoms with E-state index in [2.05, 4.69) is 9.32 Å². The average Bonchev–Trinajstić information content (AvgIpc) is 1.37. The summed E-state index contributed by atoms with van der Waals surface area (Å²) in [6.45, 7) is 0. The summed E-state index contributed by atoms with van der Waals surface area (Å²) in [6.07, 6.45) is 0. The van der Waals surface area contributed by atoms with E-state index in [9.17, 15) is 0 Å². The number of rotatable bonds is 1. The van der Waals surface area contributed by atoms with E-state index in [1.807, 2.05) is 0 Å². The Hall–Kier alpha value is -0.383. The lowest BCUT2D eigenvalue weighted by molar-refractivity contribution is 0.520. The quantitative estimate of drug-likeness (QED) is 0.172. The molecule has 24 valence electrons. The van der Waals surface area contributed by atoms with Crippen molar-refractivity contribution >= 4 is 10.5 Å². The Morgan fingerprint density at radius 3 is 2.25 bits per heavy atom. The third-order valence-corrected chi connectivity index (χ3v) is 0.204. The SMILES string of the molecule is O=[O+]O[SiH3]. The molecule has 0 saturated carbocycles. The second kappa shape index (κ2) is 2.62. The van der Waals surface area contributed by atoms with Crippen molar-refractivity contribution in [3.63, 3.8) is 0 Å². The highest BCUT2D eigenvalue weighted by Gasteiger charge is 1.66. The zero-order valence-corrected chi connectivity index (χ0v) is 4.22. The van der Waals surface area contributed by atoms with Gasteiger partial charge < -0.3 is 0 Å². The number of hydrogen-bond acceptors (Lipinski definition) is 2. The van der Waals surface area contributed by atoms with Gasteiger partial charge in [0.25, 0.3) is 4.96 Å². The predicted molar refractivity (Wildman–Crippen MR) is 17.8 cm³/mol. The van der Waals surface area contributed by atoms with Crippen LogP contribution in [0, 0.1) is 9.71 Å². The lowest BCUT2D eigenvalue weighted by Gasteiger charge is -1.41. The largest absolute Gasteiger partial charge is 0.358 e. The fourth-order valence-corrected chi connectivity index (χ4v) is 0. The van der Waals surface area contributed by atoms with Gasteiger partial charge in [-0.25, -0.2) is 0 Å². The average molecular weight is 79.1 g/mol. The van der Waals surface area contributed by atoms with Crippen LogP contribution in [0.2, 0.25) is 0 Å². The van der Waals surface area contributed by atoms with Crippen LogP contribution in [0.25, 0.3) is 0 Å². The minimum Gasteiger partial charge on any atom is -0.170 e. The molecule has 0 fully saturated rings. The van der Waals surface area contributed by atoms with Crippen LogP contribution in [0.1, 0.15) is 0 Å². The topological polar surface area (TPSA) is 37.6 Å². The van der Waals surface area contributed by atoms with E-state index >= 15 is 0 Å². The zero-order chi connectivity index (χ0) is 3.41. The van der Waals surface area contributed by atoms with E-state index < -0.39 is 0 Å². The normalized spacial score (nSPS) is 6.00. The molecule has 3 nitrogen and oxygen atoms in total. The molecule has 0 heterocycles. The fourth-order valence-electron chi connectivity index (χ4n) is 0. The third kappa shape index (κ3) is 1.62. The Balaban J connectivity index is 2.30. The van der Waals surface area contributed by atoms with Crippen molar-refractivity contribution in [2.24, 2.45) is 0 Å². The van der Waals surface area contributed by atoms with Crippen molar-refractivity contribution in [1.82, 2.24) is 0 Å². The van der Waals surface area contributed by atoms with E-state index in [1.54, 1.807) is 0 Å². The summed E-state index contributed by atoms with van der Waals surface area (Å²) in [5.41, 5.74) is 0. The van der Waals surface area contributed by atoms with Crippen molar-refractivity contribution in [3.05, 3.63) is 9.71 Å². The maximum Gasteiger partial charge on any atom is 0.358 e. The molecule has 4 heavy (non-hydrogen) atoms. The molecule has 0 aromatic heterocycles. The standard InChI is InChI=1S/H3O3Si/c1-2-3-4/h4H3/q+1. The molecule has 0 radical (unpaired) electrons. The molecule has 0 aliphatic carbocycles. The Morgan fingerprint density at radius 1 is 2.00 bits per heavy atom. The summed E-state index contributed by atoms with van der Waals surface area (Å²) in [7, 11) is 0.355. The minimum atomic E-state index is 0.355. The molecule has 4 heteroatoms. The third-order valence-electron chi connectivity index (χ3n) is 0.0680. The summed E-state index contributed by atoms with van der Waals surface area (Å²) in [5, 5.41) is 0. The molecular weight excluding hydrogens is 76.1 g/mol. The monoisotopic (exact) mass is 79.0 g/mol. The summed E-state index contributed by atoms with van der Waals surface area (Å²) in [4.78, 5) is 8.61. The second-order valence-electron chi connectivity index (χ2n) is 0.235. The molecule has 0 saturated heterocycles. The molecule has 0 aromatic rings. The van der Waals surface area contributed by atoms with Crippen LogP contribution in [-0.4, -0.2) is 10.5 Å². The van der Waals surface area contributed by atoms with Gasteiger partial charge in [-0.05, 0) is 0 Å². The Bertz CT molecular complexity index is 17.2. The minimum absolute atomic E-state index is 0.355. The molecule has 0 aromatic carbocycles. The first-order valence-corrected chi connectivity index (χ1v) is 1.56. The van der Waals surface area contributed by atoms with Crippen molar-refractivity contribution in [1.29, 1.82) is 0 Å². The highest BCUT2D eigenvalue weighted by molar-refractivity contribution is 5.98. The molecule has 0 unspecified atom stereocenters. The Labute approximate surface area is 26.0 Å². The summed E-state index contributed by atoms with van der Waals surface area (Å²) in [6, 6.07) is 0. The van der Waals surface area contributed by atoms with E-state index in [0.717, 1.165) is 0 Å². The molecule has 0 bridgehead atoms. The van der Waals surface area contributed by atoms with Crippen LogP contribution in [0.15, 0.2) is 0 Å². The van der Waals surface area contributed by atoms with Crippen LogP contribution in [-0.2, 0) is 4.58 Å². The van der Waals surface area contributed by atoms with Gasteiger partial charge in [-0.15, -0.1) is 0 Å². The fraction of sp³-hybridized carbons (Fsp3) is 0. The van der Waals surface area contributed by atoms with E-state index in [-0.39, 0.29) is 0 Å². The van der Waals surface area contributed by atoms with Crippen molar-refractivity contribution in [2.45, 2.75) is 0 Å². The lowest BCUT2D eigenvalue weighted by Crippen LogP contribution is -1.62. The molecule has 0 N–H and O–H groups in total. The highest BCUT2D eigenvalue weighted by atomic mass is 28.2. The predicted octanol–water partition coefficient (Wildman–Crippen LogP) is -1.19. The summed E-state index contributed by atoms with van der Waals surface area (Å²) < 4.78 is 6.48. The van der Waals surface area contributed by atoms with Crippen molar-refractivity contribution in [2.75, 3.05) is 0 Å². The van der Waals surface area contributed by atoms with Crippen LogP contribution >= 0.6 is 0 Å². The van der Waals surface area contributed by atoms with E-state index in [0.29, 0.717) is 10.5 Å². The molecule has 0 amide bonds. The molecular formula is H3O3Si+. The molecule has 0 rings (SSSR count). The maximum atomic E-state index is 8.61. The first-order valence-electron chi connectivity index (χ1n) is 0.742. The van der Waals surface area contributed by atoms with Gasteiger partial charge >= 0.3 is 15.2 Å². The number of hydrogen-bond donors (Lipinski definition) is 0. The first-order chi connectivity index (χ1) is 1.91. The van der Waals surface area contributed by atoms with Gasteiger partial charge in [-0.1, -0.05) is 0 Å². The van der Waals surface area contributed by atoms with Gasteiger partial charge in [-0.2, -0.15) is 4.58 Å². The second-order valence-corrected chi connectivity index (χ2v) is 0.568. The first kappa shape index (κ1) is 3.62. The summed E-state index contributed by atoms with van der Waals surface area (Å²) >= 11 is 0. The van der Waals surface area contributed by atoms with Gasteiger partial charge in [0.15, 0.2) is 0 Å².